The third kappa shape index (κ3) is 2.18. The highest BCUT2D eigenvalue weighted by molar-refractivity contribution is 5.59. The normalized spacial score (nSPS) is 20.8. The van der Waals surface area contributed by atoms with Crippen LogP contribution in [-0.2, 0) is 11.3 Å². The quantitative estimate of drug-likeness (QED) is 0.670. The molecule has 0 saturated carbocycles. The van der Waals surface area contributed by atoms with E-state index in [1.165, 1.54) is 0 Å². The van der Waals surface area contributed by atoms with Crippen molar-refractivity contribution in [1.82, 2.24) is 0 Å². The minimum atomic E-state index is -0.819. The summed E-state index contributed by atoms with van der Waals surface area (Å²) >= 11 is 0. The van der Waals surface area contributed by atoms with Gasteiger partial charge in [0.2, 0.25) is 0 Å². The lowest BCUT2D eigenvalue weighted by Crippen LogP contribution is -2.37. The molecule has 1 aromatic rings. The number of nitrogens with zero attached hydrogens (tertiary/aromatic N) is 1. The molecule has 1 N–H and O–H groups in total. The number of phenolic OH excluding ortho intramolecular Hbond substituents is 1. The van der Waals surface area contributed by atoms with Crippen molar-refractivity contribution in [3.05, 3.63) is 32.4 Å². The summed E-state index contributed by atoms with van der Waals surface area (Å²) < 4.78 is 5.85. The van der Waals surface area contributed by atoms with E-state index in [-0.39, 0.29) is 12.4 Å². The van der Waals surface area contributed by atoms with Crippen LogP contribution in [-0.4, -0.2) is 22.4 Å². The molecular formula is C13H17NO5. The predicted octanol–water partition coefficient (Wildman–Crippen LogP) is 2.22. The Hall–Kier alpha value is -1.98. The maximum Gasteiger partial charge on any atom is 0.294 e. The predicted molar refractivity (Wildman–Crippen MR) is 68.0 cm³/mol. The maximum absolute atomic E-state index is 10.3. The first kappa shape index (κ1) is 13.5. The molecule has 0 saturated heterocycles. The van der Waals surface area contributed by atoms with Gasteiger partial charge >= 0.3 is 0 Å². The van der Waals surface area contributed by atoms with Crippen LogP contribution in [0.4, 0.5) is 0 Å². The summed E-state index contributed by atoms with van der Waals surface area (Å²) in [6, 6.07) is 0. The van der Waals surface area contributed by atoms with Crippen LogP contribution < -0.4 is 4.74 Å². The molecule has 1 aliphatic heterocycles. The lowest BCUT2D eigenvalue weighted by atomic mass is 9.93. The number of fused-ring (bicyclic) bond motifs is 1. The molecule has 1 aliphatic rings. The number of hydrogen-bond donors (Lipinski definition) is 1. The highest BCUT2D eigenvalue weighted by Gasteiger charge is 2.39. The van der Waals surface area contributed by atoms with Gasteiger partial charge < -0.3 is 14.7 Å². The highest BCUT2D eigenvalue weighted by Crippen LogP contribution is 2.44. The molecule has 0 aromatic heterocycles. The number of aromatic hydroxyl groups is 1. The smallest absolute Gasteiger partial charge is 0.294 e. The number of benzene rings is 1. The van der Waals surface area contributed by atoms with E-state index in [1.54, 1.807) is 6.92 Å². The van der Waals surface area contributed by atoms with E-state index < -0.39 is 10.7 Å². The van der Waals surface area contributed by atoms with Crippen LogP contribution in [0.15, 0.2) is 0 Å². The molecular weight excluding hydrogens is 250 g/mol. The summed E-state index contributed by atoms with van der Waals surface area (Å²) in [4.78, 5) is 14.7. The van der Waals surface area contributed by atoms with Gasteiger partial charge in [0.15, 0.2) is 0 Å². The van der Waals surface area contributed by atoms with Gasteiger partial charge in [0, 0.05) is 12.0 Å². The first-order valence-electron chi connectivity index (χ1n) is 6.03. The summed E-state index contributed by atoms with van der Waals surface area (Å²) in [5.74, 6) is 0.974. The van der Waals surface area contributed by atoms with Crippen LogP contribution in [0.3, 0.4) is 0 Å². The SMILES string of the molecule is Cc1c(C)c2c(c(C)c1O)CC(C)(CO[N+](=O)[O-])O2. The Balaban J connectivity index is 2.37. The first-order valence-corrected chi connectivity index (χ1v) is 6.03. The molecule has 1 atom stereocenters. The van der Waals surface area contributed by atoms with Crippen LogP contribution >= 0.6 is 0 Å². The van der Waals surface area contributed by atoms with Gasteiger partial charge in [0.1, 0.15) is 23.7 Å². The second-order valence-corrected chi connectivity index (χ2v) is 5.26. The Morgan fingerprint density at radius 2 is 2.00 bits per heavy atom. The Bertz CT molecular complexity index is 516. The minimum absolute atomic E-state index is 0.132. The zero-order valence-electron chi connectivity index (χ0n) is 11.4. The third-order valence-electron chi connectivity index (χ3n) is 3.71. The number of phenols is 1. The highest BCUT2D eigenvalue weighted by atomic mass is 17.0. The van der Waals surface area contributed by atoms with Crippen molar-refractivity contribution in [3.8, 4) is 11.5 Å². The molecule has 0 fully saturated rings. The molecule has 2 rings (SSSR count). The summed E-state index contributed by atoms with van der Waals surface area (Å²) in [6.07, 6.45) is 0.483. The molecule has 0 amide bonds. The van der Waals surface area contributed by atoms with E-state index in [9.17, 15) is 15.2 Å². The lowest BCUT2D eigenvalue weighted by Gasteiger charge is -2.22. The Labute approximate surface area is 111 Å². The van der Waals surface area contributed by atoms with Gasteiger partial charge in [0.25, 0.3) is 5.09 Å². The lowest BCUT2D eigenvalue weighted by molar-refractivity contribution is -0.760. The molecule has 1 unspecified atom stereocenters. The fourth-order valence-electron chi connectivity index (χ4n) is 2.45. The summed E-state index contributed by atoms with van der Waals surface area (Å²) in [7, 11) is 0. The fraction of sp³-hybridized carbons (Fsp3) is 0.538. The van der Waals surface area contributed by atoms with Gasteiger partial charge in [-0.3, -0.25) is 0 Å². The molecule has 6 nitrogen and oxygen atoms in total. The van der Waals surface area contributed by atoms with Gasteiger partial charge in [-0.05, 0) is 44.4 Å². The van der Waals surface area contributed by atoms with Crippen molar-refractivity contribution in [2.45, 2.75) is 39.7 Å². The van der Waals surface area contributed by atoms with Crippen LogP contribution in [0.25, 0.3) is 0 Å². The van der Waals surface area contributed by atoms with Crippen LogP contribution in [0.2, 0.25) is 0 Å². The van der Waals surface area contributed by atoms with E-state index in [0.717, 1.165) is 22.3 Å². The Kier molecular flexibility index (Phi) is 3.04. The van der Waals surface area contributed by atoms with Gasteiger partial charge in [0.05, 0.1) is 0 Å². The first-order chi connectivity index (χ1) is 8.75. The van der Waals surface area contributed by atoms with Gasteiger partial charge in [-0.25, -0.2) is 0 Å². The molecule has 0 aliphatic carbocycles. The topological polar surface area (TPSA) is 81.8 Å². The third-order valence-corrected chi connectivity index (χ3v) is 3.71. The van der Waals surface area contributed by atoms with Crippen LogP contribution in [0, 0.1) is 30.9 Å². The molecule has 1 aromatic carbocycles. The molecule has 0 bridgehead atoms. The zero-order valence-corrected chi connectivity index (χ0v) is 11.4. The van der Waals surface area contributed by atoms with Crippen molar-refractivity contribution in [2.75, 3.05) is 6.61 Å². The van der Waals surface area contributed by atoms with Crippen molar-refractivity contribution < 1.29 is 19.8 Å². The van der Waals surface area contributed by atoms with E-state index >= 15 is 0 Å². The summed E-state index contributed by atoms with van der Waals surface area (Å²) in [5.41, 5.74) is 2.53. The average molecular weight is 267 g/mol. The summed E-state index contributed by atoms with van der Waals surface area (Å²) in [5, 5.41) is 19.5. The van der Waals surface area contributed by atoms with Crippen molar-refractivity contribution >= 4 is 0 Å². The number of hydrogen-bond acceptors (Lipinski definition) is 5. The molecule has 0 spiro atoms. The second kappa shape index (κ2) is 4.29. The molecule has 1 heterocycles. The van der Waals surface area contributed by atoms with Gasteiger partial charge in [-0.15, -0.1) is 10.1 Å². The van der Waals surface area contributed by atoms with E-state index in [1.807, 2.05) is 20.8 Å². The van der Waals surface area contributed by atoms with Crippen LogP contribution in [0.1, 0.15) is 29.2 Å². The van der Waals surface area contributed by atoms with Crippen LogP contribution in [0.5, 0.6) is 11.5 Å². The van der Waals surface area contributed by atoms with Crippen molar-refractivity contribution in [2.24, 2.45) is 0 Å². The molecule has 104 valence electrons. The number of rotatable bonds is 3. The average Bonchev–Trinajstić information content (AvgIpc) is 2.71. The maximum atomic E-state index is 10.3. The second-order valence-electron chi connectivity index (χ2n) is 5.26. The fourth-order valence-corrected chi connectivity index (χ4v) is 2.45. The van der Waals surface area contributed by atoms with E-state index in [2.05, 4.69) is 4.84 Å². The standard InChI is InChI=1S/C13H17NO5/c1-7-8(2)12-10(9(3)11(7)15)5-13(4,19-12)6-18-14(16)17/h15H,5-6H2,1-4H3. The molecule has 6 heteroatoms. The van der Waals surface area contributed by atoms with Crippen molar-refractivity contribution in [1.29, 1.82) is 0 Å². The molecule has 19 heavy (non-hydrogen) atoms. The van der Waals surface area contributed by atoms with E-state index in [0.29, 0.717) is 12.2 Å². The van der Waals surface area contributed by atoms with Gasteiger partial charge in [-0.1, -0.05) is 0 Å². The zero-order chi connectivity index (χ0) is 14.4. The van der Waals surface area contributed by atoms with E-state index in [4.69, 9.17) is 4.74 Å². The number of ether oxygens (including phenoxy) is 1. The largest absolute Gasteiger partial charge is 0.507 e. The van der Waals surface area contributed by atoms with Crippen molar-refractivity contribution in [3.63, 3.8) is 0 Å². The minimum Gasteiger partial charge on any atom is -0.507 e. The van der Waals surface area contributed by atoms with Gasteiger partial charge in [-0.2, -0.15) is 0 Å². The monoisotopic (exact) mass is 267 g/mol. The summed E-state index contributed by atoms with van der Waals surface area (Å²) in [6.45, 7) is 7.15. The Morgan fingerprint density at radius 3 is 2.58 bits per heavy atom. The molecule has 0 radical (unpaired) electrons. The Morgan fingerprint density at radius 1 is 1.37 bits per heavy atom.